The van der Waals surface area contributed by atoms with Crippen LogP contribution >= 0.6 is 0 Å². The van der Waals surface area contributed by atoms with Crippen LogP contribution in [0, 0.1) is 12.8 Å². The highest BCUT2D eigenvalue weighted by Gasteiger charge is 2.22. The number of fused-ring (bicyclic) bond motifs is 1. The molecule has 148 valence electrons. The van der Waals surface area contributed by atoms with Crippen LogP contribution in [0.3, 0.4) is 0 Å². The summed E-state index contributed by atoms with van der Waals surface area (Å²) in [4.78, 5) is 16.2. The zero-order valence-electron chi connectivity index (χ0n) is 17.5. The molecule has 0 aliphatic heterocycles. The fraction of sp³-hybridized carbons (Fsp3) is 0.400. The third kappa shape index (κ3) is 4.64. The molecule has 0 spiro atoms. The summed E-state index contributed by atoms with van der Waals surface area (Å²) in [6, 6.07) is 15.0. The summed E-state index contributed by atoms with van der Waals surface area (Å²) in [5.41, 5.74) is 6.13. The third-order valence-corrected chi connectivity index (χ3v) is 5.50. The number of hydrogen-bond acceptors (Lipinski definition) is 1. The van der Waals surface area contributed by atoms with E-state index in [1.54, 1.807) is 0 Å². The average molecular weight is 377 g/mol. The van der Waals surface area contributed by atoms with Gasteiger partial charge < -0.3 is 10.3 Å². The van der Waals surface area contributed by atoms with Crippen LogP contribution in [-0.4, -0.2) is 17.4 Å². The number of para-hydroxylation sites is 1. The van der Waals surface area contributed by atoms with E-state index < -0.39 is 0 Å². The van der Waals surface area contributed by atoms with Crippen LogP contribution in [0.1, 0.15) is 61.8 Å². The minimum absolute atomic E-state index is 0.0421. The van der Waals surface area contributed by atoms with Crippen LogP contribution in [0.4, 0.5) is 0 Å². The first-order chi connectivity index (χ1) is 13.5. The minimum atomic E-state index is 0.0421. The quantitative estimate of drug-likeness (QED) is 0.518. The fourth-order valence-electron chi connectivity index (χ4n) is 3.79. The molecule has 2 aromatic carbocycles. The monoisotopic (exact) mass is 376 g/mol. The molecule has 0 unspecified atom stereocenters. The molecular formula is C25H32N2O. The van der Waals surface area contributed by atoms with Gasteiger partial charge in [0.25, 0.3) is 0 Å². The topological polar surface area (TPSA) is 44.9 Å². The summed E-state index contributed by atoms with van der Waals surface area (Å²) >= 11 is 0. The summed E-state index contributed by atoms with van der Waals surface area (Å²) in [5, 5.41) is 4.33. The number of aromatic amines is 1. The Morgan fingerprint density at radius 1 is 1.11 bits per heavy atom. The number of aromatic nitrogens is 1. The molecule has 3 aromatic rings. The Balaban J connectivity index is 1.93. The number of H-pyrrole nitrogens is 1. The van der Waals surface area contributed by atoms with Crippen LogP contribution in [0.5, 0.6) is 0 Å². The van der Waals surface area contributed by atoms with E-state index >= 15 is 0 Å². The van der Waals surface area contributed by atoms with E-state index in [2.05, 4.69) is 86.7 Å². The molecule has 0 fully saturated rings. The maximum absolute atomic E-state index is 12.7. The Morgan fingerprint density at radius 3 is 2.54 bits per heavy atom. The van der Waals surface area contributed by atoms with Gasteiger partial charge in [-0.3, -0.25) is 4.79 Å². The molecule has 0 radical (unpaired) electrons. The van der Waals surface area contributed by atoms with Crippen molar-refractivity contribution in [2.24, 2.45) is 5.92 Å². The lowest BCUT2D eigenvalue weighted by atomic mass is 9.87. The molecule has 2 N–H and O–H groups in total. The first-order valence-electron chi connectivity index (χ1n) is 10.4. The Kier molecular flexibility index (Phi) is 6.56. The molecule has 0 aliphatic rings. The molecule has 3 nitrogen and oxygen atoms in total. The molecule has 1 heterocycles. The highest BCUT2D eigenvalue weighted by molar-refractivity contribution is 5.88. The smallest absolute Gasteiger partial charge is 0.220 e. The van der Waals surface area contributed by atoms with Gasteiger partial charge in [-0.25, -0.2) is 0 Å². The van der Waals surface area contributed by atoms with Gasteiger partial charge in [-0.2, -0.15) is 0 Å². The van der Waals surface area contributed by atoms with Crippen LogP contribution < -0.4 is 5.32 Å². The van der Waals surface area contributed by atoms with Gasteiger partial charge in [0, 0.05) is 36.0 Å². The Hall–Kier alpha value is -2.55. The SMILES string of the molecule is CCc1cccc2c([C@H](CC(=O)NCCC(C)C)c3ccc(C)cc3)c[nH]c12. The maximum atomic E-state index is 12.7. The predicted molar refractivity (Wildman–Crippen MR) is 118 cm³/mol. The van der Waals surface area contributed by atoms with Crippen LogP contribution in [0.25, 0.3) is 10.9 Å². The van der Waals surface area contributed by atoms with Gasteiger partial charge in [-0.1, -0.05) is 68.8 Å². The average Bonchev–Trinajstić information content (AvgIpc) is 3.10. The van der Waals surface area contributed by atoms with E-state index in [1.807, 2.05) is 0 Å². The molecular weight excluding hydrogens is 344 g/mol. The van der Waals surface area contributed by atoms with Gasteiger partial charge in [0.15, 0.2) is 0 Å². The molecule has 1 atom stereocenters. The van der Waals surface area contributed by atoms with Crippen molar-refractivity contribution in [1.29, 1.82) is 0 Å². The molecule has 28 heavy (non-hydrogen) atoms. The second kappa shape index (κ2) is 9.09. The summed E-state index contributed by atoms with van der Waals surface area (Å²) < 4.78 is 0. The van der Waals surface area contributed by atoms with Crippen molar-refractivity contribution in [2.45, 2.75) is 52.9 Å². The normalized spacial score (nSPS) is 12.5. The molecule has 3 heteroatoms. The van der Waals surface area contributed by atoms with E-state index in [4.69, 9.17) is 0 Å². The molecule has 0 saturated heterocycles. The predicted octanol–water partition coefficient (Wildman–Crippen LogP) is 5.72. The van der Waals surface area contributed by atoms with Crippen LogP contribution in [0.2, 0.25) is 0 Å². The molecule has 1 amide bonds. The zero-order valence-corrected chi connectivity index (χ0v) is 17.5. The Labute approximate surface area is 168 Å². The van der Waals surface area contributed by atoms with Crippen molar-refractivity contribution >= 4 is 16.8 Å². The standard InChI is InChI=1S/C25H32N2O/c1-5-19-7-6-8-21-23(16-27-25(19)21)22(20-11-9-18(4)10-12-20)15-24(28)26-14-13-17(2)3/h6-12,16-17,22,27H,5,13-15H2,1-4H3,(H,26,28)/t22-/m1/s1. The molecule has 1 aromatic heterocycles. The van der Waals surface area contributed by atoms with Gasteiger partial charge in [-0.05, 0) is 42.4 Å². The molecule has 0 saturated carbocycles. The summed E-state index contributed by atoms with van der Waals surface area (Å²) in [5.74, 6) is 0.752. The van der Waals surface area contributed by atoms with Gasteiger partial charge >= 0.3 is 0 Å². The lowest BCUT2D eigenvalue weighted by Crippen LogP contribution is -2.27. The summed E-state index contributed by atoms with van der Waals surface area (Å²) in [6.07, 6.45) is 4.55. The first-order valence-corrected chi connectivity index (χ1v) is 10.4. The number of rotatable bonds is 8. The third-order valence-electron chi connectivity index (χ3n) is 5.50. The minimum Gasteiger partial charge on any atom is -0.361 e. The highest BCUT2D eigenvalue weighted by Crippen LogP contribution is 2.34. The lowest BCUT2D eigenvalue weighted by Gasteiger charge is -2.18. The van der Waals surface area contributed by atoms with E-state index in [1.165, 1.54) is 33.2 Å². The van der Waals surface area contributed by atoms with Crippen LogP contribution in [-0.2, 0) is 11.2 Å². The number of nitrogens with one attached hydrogen (secondary N) is 2. The molecule has 3 rings (SSSR count). The summed E-state index contributed by atoms with van der Waals surface area (Å²) in [6.45, 7) is 9.37. The Bertz CT molecular complexity index is 921. The van der Waals surface area contributed by atoms with Crippen LogP contribution in [0.15, 0.2) is 48.7 Å². The first kappa shape index (κ1) is 20.2. The number of carbonyl (C=O) groups is 1. The second-order valence-corrected chi connectivity index (χ2v) is 8.14. The van der Waals surface area contributed by atoms with E-state index in [0.717, 1.165) is 19.4 Å². The van der Waals surface area contributed by atoms with E-state index in [-0.39, 0.29) is 11.8 Å². The number of amides is 1. The number of benzene rings is 2. The van der Waals surface area contributed by atoms with Gasteiger partial charge in [-0.15, -0.1) is 0 Å². The molecule has 0 bridgehead atoms. The van der Waals surface area contributed by atoms with Crippen molar-refractivity contribution in [1.82, 2.24) is 10.3 Å². The van der Waals surface area contributed by atoms with Crippen molar-refractivity contribution in [2.75, 3.05) is 6.54 Å². The largest absolute Gasteiger partial charge is 0.361 e. The zero-order chi connectivity index (χ0) is 20.1. The summed E-state index contributed by atoms with van der Waals surface area (Å²) in [7, 11) is 0. The second-order valence-electron chi connectivity index (χ2n) is 8.14. The van der Waals surface area contributed by atoms with E-state index in [0.29, 0.717) is 12.3 Å². The van der Waals surface area contributed by atoms with Gasteiger partial charge in [0.1, 0.15) is 0 Å². The highest BCUT2D eigenvalue weighted by atomic mass is 16.1. The van der Waals surface area contributed by atoms with Crippen molar-refractivity contribution in [3.05, 3.63) is 70.9 Å². The number of carbonyl (C=O) groups excluding carboxylic acids is 1. The van der Waals surface area contributed by atoms with Crippen molar-refractivity contribution < 1.29 is 4.79 Å². The maximum Gasteiger partial charge on any atom is 0.220 e. The fourth-order valence-corrected chi connectivity index (χ4v) is 3.79. The van der Waals surface area contributed by atoms with Crippen molar-refractivity contribution in [3.8, 4) is 0 Å². The number of hydrogen-bond donors (Lipinski definition) is 2. The van der Waals surface area contributed by atoms with Gasteiger partial charge in [0.05, 0.1) is 0 Å². The molecule has 0 aliphatic carbocycles. The van der Waals surface area contributed by atoms with E-state index in [9.17, 15) is 4.79 Å². The lowest BCUT2D eigenvalue weighted by molar-refractivity contribution is -0.121. The van der Waals surface area contributed by atoms with Gasteiger partial charge in [0.2, 0.25) is 5.91 Å². The number of aryl methyl sites for hydroxylation is 2. The van der Waals surface area contributed by atoms with Crippen molar-refractivity contribution in [3.63, 3.8) is 0 Å². The Morgan fingerprint density at radius 2 is 1.86 bits per heavy atom.